The average Bonchev–Trinajstić information content (AvgIpc) is 2.85. The van der Waals surface area contributed by atoms with Crippen LogP contribution in [0.1, 0.15) is 29.5 Å². The Bertz CT molecular complexity index is 715. The van der Waals surface area contributed by atoms with Gasteiger partial charge < -0.3 is 10.3 Å². The molecule has 1 aromatic carbocycles. The fourth-order valence-corrected chi connectivity index (χ4v) is 2.87. The molecule has 0 unspecified atom stereocenters. The van der Waals surface area contributed by atoms with Gasteiger partial charge in [-0.3, -0.25) is 9.59 Å². The highest BCUT2D eigenvalue weighted by molar-refractivity contribution is 8.00. The Morgan fingerprint density at radius 1 is 1.30 bits per heavy atom. The number of thioether (sulfide) groups is 1. The second-order valence-corrected chi connectivity index (χ2v) is 6.36. The number of nitrogens with two attached hydrogens (primary N) is 1. The lowest BCUT2D eigenvalue weighted by atomic mass is 10.1. The van der Waals surface area contributed by atoms with E-state index in [1.807, 2.05) is 0 Å². The second-order valence-electron chi connectivity index (χ2n) is 5.06. The van der Waals surface area contributed by atoms with Crippen molar-refractivity contribution in [3.05, 3.63) is 41.5 Å². The van der Waals surface area contributed by atoms with Gasteiger partial charge in [-0.25, -0.2) is 4.39 Å². The lowest BCUT2D eigenvalue weighted by Crippen LogP contribution is -2.15. The summed E-state index contributed by atoms with van der Waals surface area (Å²) in [6.45, 7) is 1.76. The first-order valence-electron chi connectivity index (χ1n) is 7.01. The Hall–Kier alpha value is -2.22. The number of rotatable bonds is 7. The number of hydrogen-bond donors (Lipinski definition) is 1. The predicted octanol–water partition coefficient (Wildman–Crippen LogP) is 1.74. The zero-order valence-electron chi connectivity index (χ0n) is 12.8. The Labute approximate surface area is 137 Å². The number of benzene rings is 1. The molecule has 0 saturated carbocycles. The summed E-state index contributed by atoms with van der Waals surface area (Å²) in [5, 5.41) is 8.22. The summed E-state index contributed by atoms with van der Waals surface area (Å²) in [4.78, 5) is 23.2. The zero-order chi connectivity index (χ0) is 17.0. The maximum absolute atomic E-state index is 12.9. The molecule has 8 heteroatoms. The number of nitrogens with zero attached hydrogens (tertiary/aromatic N) is 3. The van der Waals surface area contributed by atoms with Crippen LogP contribution in [-0.4, -0.2) is 31.7 Å². The maximum Gasteiger partial charge on any atom is 0.217 e. The number of primary amides is 1. The number of aryl methyl sites for hydroxylation is 1. The molecule has 0 aliphatic carbocycles. The van der Waals surface area contributed by atoms with Gasteiger partial charge in [-0.1, -0.05) is 11.8 Å². The van der Waals surface area contributed by atoms with E-state index in [2.05, 4.69) is 10.2 Å². The van der Waals surface area contributed by atoms with Crippen LogP contribution in [0.2, 0.25) is 0 Å². The fourth-order valence-electron chi connectivity index (χ4n) is 1.96. The van der Waals surface area contributed by atoms with E-state index in [9.17, 15) is 14.0 Å². The third-order valence-electron chi connectivity index (χ3n) is 3.30. The van der Waals surface area contributed by atoms with Crippen LogP contribution in [-0.2, 0) is 18.3 Å². The molecule has 0 fully saturated rings. The van der Waals surface area contributed by atoms with E-state index in [0.717, 1.165) is 0 Å². The van der Waals surface area contributed by atoms with Gasteiger partial charge in [0.25, 0.3) is 0 Å². The number of ketones is 1. The summed E-state index contributed by atoms with van der Waals surface area (Å²) in [7, 11) is 1.77. The lowest BCUT2D eigenvalue weighted by Gasteiger charge is -2.10. The van der Waals surface area contributed by atoms with Crippen molar-refractivity contribution >= 4 is 23.5 Å². The molecule has 0 bridgehead atoms. The standard InChI is InChI=1S/C15H17FN4O2S/c1-9(14(22)10-3-5-11(16)6-4-10)23-15-19-18-13(20(15)2)8-7-12(17)21/h3-6,9H,7-8H2,1-2H3,(H2,17,21)/t9-/m1/s1. The van der Waals surface area contributed by atoms with Gasteiger partial charge in [0.2, 0.25) is 5.91 Å². The van der Waals surface area contributed by atoms with Crippen molar-refractivity contribution in [2.75, 3.05) is 0 Å². The van der Waals surface area contributed by atoms with Crippen molar-refractivity contribution < 1.29 is 14.0 Å². The van der Waals surface area contributed by atoms with Crippen molar-refractivity contribution in [3.63, 3.8) is 0 Å². The lowest BCUT2D eigenvalue weighted by molar-refractivity contribution is -0.118. The van der Waals surface area contributed by atoms with E-state index in [1.165, 1.54) is 36.0 Å². The SMILES string of the molecule is C[C@@H](Sc1nnc(CCC(N)=O)n1C)C(=O)c1ccc(F)cc1. The molecule has 2 N–H and O–H groups in total. The van der Waals surface area contributed by atoms with Crippen LogP contribution in [0.5, 0.6) is 0 Å². The second kappa shape index (κ2) is 7.36. The number of carbonyl (C=O) groups excluding carboxylic acids is 2. The fraction of sp³-hybridized carbons (Fsp3) is 0.333. The minimum Gasteiger partial charge on any atom is -0.370 e. The van der Waals surface area contributed by atoms with E-state index < -0.39 is 11.2 Å². The molecule has 2 rings (SSSR count). The molecule has 2 aromatic rings. The minimum atomic E-state index is -0.401. The number of aromatic nitrogens is 3. The third kappa shape index (κ3) is 4.38. The molecular weight excluding hydrogens is 319 g/mol. The van der Waals surface area contributed by atoms with Gasteiger partial charge in [-0.05, 0) is 31.2 Å². The van der Waals surface area contributed by atoms with Gasteiger partial charge in [0.05, 0.1) is 5.25 Å². The van der Waals surface area contributed by atoms with Crippen LogP contribution in [0, 0.1) is 5.82 Å². The van der Waals surface area contributed by atoms with Crippen LogP contribution >= 0.6 is 11.8 Å². The largest absolute Gasteiger partial charge is 0.370 e. The number of carbonyl (C=O) groups is 2. The van der Waals surface area contributed by atoms with Crippen LogP contribution in [0.25, 0.3) is 0 Å². The van der Waals surface area contributed by atoms with E-state index in [1.54, 1.807) is 18.5 Å². The molecule has 122 valence electrons. The third-order valence-corrected chi connectivity index (χ3v) is 4.43. The topological polar surface area (TPSA) is 90.9 Å². The smallest absolute Gasteiger partial charge is 0.217 e. The molecule has 1 heterocycles. The highest BCUT2D eigenvalue weighted by Gasteiger charge is 2.20. The number of hydrogen-bond acceptors (Lipinski definition) is 5. The van der Waals surface area contributed by atoms with Crippen LogP contribution in [0.3, 0.4) is 0 Å². The summed E-state index contributed by atoms with van der Waals surface area (Å²) in [5.74, 6) is -0.263. The van der Waals surface area contributed by atoms with Crippen molar-refractivity contribution in [2.45, 2.75) is 30.2 Å². The van der Waals surface area contributed by atoms with Crippen LogP contribution in [0.4, 0.5) is 4.39 Å². The molecule has 23 heavy (non-hydrogen) atoms. The van der Waals surface area contributed by atoms with Gasteiger partial charge in [0, 0.05) is 25.5 Å². The van der Waals surface area contributed by atoms with Gasteiger partial charge in [0.1, 0.15) is 11.6 Å². The Morgan fingerprint density at radius 2 is 1.96 bits per heavy atom. The summed E-state index contributed by atoms with van der Waals surface area (Å²) in [5.41, 5.74) is 5.57. The summed E-state index contributed by atoms with van der Waals surface area (Å²) < 4.78 is 14.7. The summed E-state index contributed by atoms with van der Waals surface area (Å²) in [6.07, 6.45) is 0.598. The minimum absolute atomic E-state index is 0.114. The van der Waals surface area contributed by atoms with Crippen molar-refractivity contribution in [3.8, 4) is 0 Å². The molecule has 0 spiro atoms. The van der Waals surface area contributed by atoms with Crippen molar-refractivity contribution in [1.82, 2.24) is 14.8 Å². The van der Waals surface area contributed by atoms with Crippen molar-refractivity contribution in [2.24, 2.45) is 12.8 Å². The Morgan fingerprint density at radius 3 is 2.57 bits per heavy atom. The highest BCUT2D eigenvalue weighted by atomic mass is 32.2. The van der Waals surface area contributed by atoms with Gasteiger partial charge in [0.15, 0.2) is 10.9 Å². The zero-order valence-corrected chi connectivity index (χ0v) is 13.6. The maximum atomic E-state index is 12.9. The molecule has 0 radical (unpaired) electrons. The van der Waals surface area contributed by atoms with Gasteiger partial charge in [-0.2, -0.15) is 0 Å². The Kier molecular flexibility index (Phi) is 5.49. The molecular formula is C15H17FN4O2S. The van der Waals surface area contributed by atoms with E-state index in [4.69, 9.17) is 5.73 Å². The van der Waals surface area contributed by atoms with E-state index >= 15 is 0 Å². The first-order chi connectivity index (χ1) is 10.9. The van der Waals surface area contributed by atoms with E-state index in [-0.39, 0.29) is 18.0 Å². The number of Topliss-reactive ketones (excluding diaryl/α,β-unsaturated/α-hetero) is 1. The Balaban J connectivity index is 2.05. The highest BCUT2D eigenvalue weighted by Crippen LogP contribution is 2.24. The molecule has 1 amide bonds. The monoisotopic (exact) mass is 336 g/mol. The molecule has 6 nitrogen and oxygen atoms in total. The number of halogens is 1. The normalized spacial score (nSPS) is 12.1. The van der Waals surface area contributed by atoms with Crippen molar-refractivity contribution in [1.29, 1.82) is 0 Å². The van der Waals surface area contributed by atoms with E-state index in [0.29, 0.717) is 23.0 Å². The van der Waals surface area contributed by atoms with Gasteiger partial charge >= 0.3 is 0 Å². The molecule has 1 atom stereocenters. The molecule has 1 aromatic heterocycles. The van der Waals surface area contributed by atoms with Crippen LogP contribution in [0.15, 0.2) is 29.4 Å². The summed E-state index contributed by atoms with van der Waals surface area (Å²) in [6, 6.07) is 5.44. The summed E-state index contributed by atoms with van der Waals surface area (Å²) >= 11 is 1.26. The molecule has 0 aliphatic rings. The number of amides is 1. The van der Waals surface area contributed by atoms with Crippen LogP contribution < -0.4 is 5.73 Å². The first-order valence-corrected chi connectivity index (χ1v) is 7.89. The first kappa shape index (κ1) is 17.1. The average molecular weight is 336 g/mol. The molecule has 0 saturated heterocycles. The quantitative estimate of drug-likeness (QED) is 0.614. The predicted molar refractivity (Wildman–Crippen MR) is 84.6 cm³/mol. The van der Waals surface area contributed by atoms with Gasteiger partial charge in [-0.15, -0.1) is 10.2 Å². The molecule has 0 aliphatic heterocycles.